The summed E-state index contributed by atoms with van der Waals surface area (Å²) in [6, 6.07) is 10.4. The number of benzene rings is 1. The van der Waals surface area contributed by atoms with E-state index < -0.39 is 0 Å². The first kappa shape index (κ1) is 17.6. The highest BCUT2D eigenvalue weighted by molar-refractivity contribution is 5.43. The number of aryl methyl sites for hydroxylation is 1. The number of hydrogen-bond acceptors (Lipinski definition) is 6. The minimum absolute atomic E-state index is 0.0518. The molecule has 2 aromatic rings. The van der Waals surface area contributed by atoms with Gasteiger partial charge in [0.15, 0.2) is 0 Å². The van der Waals surface area contributed by atoms with Crippen LogP contribution < -0.4 is 10.6 Å². The zero-order valence-electron chi connectivity index (χ0n) is 14.7. The highest BCUT2D eigenvalue weighted by Gasteiger charge is 2.20. The van der Waals surface area contributed by atoms with Crippen LogP contribution in [0.1, 0.15) is 29.2 Å². The van der Waals surface area contributed by atoms with Gasteiger partial charge in [0, 0.05) is 31.7 Å². The monoisotopic (exact) mass is 342 g/mol. The minimum atomic E-state index is 0.0518. The number of rotatable bonds is 8. The van der Waals surface area contributed by atoms with Crippen molar-refractivity contribution in [3.8, 4) is 0 Å². The van der Waals surface area contributed by atoms with E-state index in [0.29, 0.717) is 25.0 Å². The van der Waals surface area contributed by atoms with E-state index >= 15 is 0 Å². The molecule has 25 heavy (non-hydrogen) atoms. The Hall–Kier alpha value is -2.18. The smallest absolute Gasteiger partial charge is 0.224 e. The highest BCUT2D eigenvalue weighted by atomic mass is 16.5. The Labute approximate surface area is 148 Å². The van der Waals surface area contributed by atoms with Gasteiger partial charge in [0.1, 0.15) is 5.82 Å². The lowest BCUT2D eigenvalue weighted by molar-refractivity contribution is 0.193. The first-order valence-electron chi connectivity index (χ1n) is 8.86. The number of anilines is 2. The summed E-state index contributed by atoms with van der Waals surface area (Å²) in [4.78, 5) is 9.09. The molecule has 1 aliphatic rings. The number of hydrogen-bond donors (Lipinski definition) is 3. The number of aliphatic hydroxyl groups is 1. The molecule has 1 aliphatic heterocycles. The summed E-state index contributed by atoms with van der Waals surface area (Å²) in [6.07, 6.45) is 1.93. The van der Waals surface area contributed by atoms with Gasteiger partial charge in [-0.3, -0.25) is 0 Å². The number of nitrogens with zero attached hydrogens (tertiary/aromatic N) is 2. The molecular weight excluding hydrogens is 316 g/mol. The second-order valence-corrected chi connectivity index (χ2v) is 6.32. The van der Waals surface area contributed by atoms with Crippen LogP contribution in [0, 0.1) is 6.92 Å². The van der Waals surface area contributed by atoms with Gasteiger partial charge in [-0.15, -0.1) is 0 Å². The lowest BCUT2D eigenvalue weighted by Gasteiger charge is -2.14. The maximum absolute atomic E-state index is 9.02. The van der Waals surface area contributed by atoms with Gasteiger partial charge in [-0.2, -0.15) is 4.98 Å². The third kappa shape index (κ3) is 4.90. The predicted octanol–water partition coefficient (Wildman–Crippen LogP) is 2.35. The Balaban J connectivity index is 1.68. The number of aliphatic hydroxyl groups excluding tert-OH is 1. The normalized spacial score (nSPS) is 16.8. The molecule has 1 fully saturated rings. The molecule has 0 spiro atoms. The summed E-state index contributed by atoms with van der Waals surface area (Å²) in [5.74, 6) is 1.68. The quantitative estimate of drug-likeness (QED) is 0.683. The highest BCUT2D eigenvalue weighted by Crippen LogP contribution is 2.26. The van der Waals surface area contributed by atoms with Crippen LogP contribution in [0.5, 0.6) is 0 Å². The third-order valence-corrected chi connectivity index (χ3v) is 4.45. The molecule has 1 unspecified atom stereocenters. The molecule has 2 heterocycles. The molecule has 1 aromatic heterocycles. The summed E-state index contributed by atoms with van der Waals surface area (Å²) in [5.41, 5.74) is 3.64. The summed E-state index contributed by atoms with van der Waals surface area (Å²) in [5, 5.41) is 15.5. The van der Waals surface area contributed by atoms with E-state index in [4.69, 9.17) is 9.84 Å². The van der Waals surface area contributed by atoms with Crippen LogP contribution in [0.15, 0.2) is 30.3 Å². The van der Waals surface area contributed by atoms with Crippen LogP contribution >= 0.6 is 0 Å². The molecule has 0 aliphatic carbocycles. The third-order valence-electron chi connectivity index (χ3n) is 4.45. The Kier molecular flexibility index (Phi) is 6.19. The van der Waals surface area contributed by atoms with Gasteiger partial charge >= 0.3 is 0 Å². The molecule has 0 amide bonds. The van der Waals surface area contributed by atoms with Crippen molar-refractivity contribution in [2.24, 2.45) is 0 Å². The fourth-order valence-electron chi connectivity index (χ4n) is 3.00. The second kappa shape index (κ2) is 8.78. The van der Waals surface area contributed by atoms with E-state index in [2.05, 4.69) is 51.8 Å². The number of ether oxygens (including phenoxy) is 1. The summed E-state index contributed by atoms with van der Waals surface area (Å²) >= 11 is 0. The van der Waals surface area contributed by atoms with Gasteiger partial charge in [-0.1, -0.05) is 24.3 Å². The molecule has 1 saturated heterocycles. The molecule has 6 heteroatoms. The number of nitrogens with one attached hydrogen (secondary N) is 2. The van der Waals surface area contributed by atoms with Crippen LogP contribution in [0.3, 0.4) is 0 Å². The molecule has 0 bridgehead atoms. The zero-order valence-corrected chi connectivity index (χ0v) is 14.7. The second-order valence-electron chi connectivity index (χ2n) is 6.32. The lowest BCUT2D eigenvalue weighted by atomic mass is 10.0. The van der Waals surface area contributed by atoms with E-state index in [1.165, 1.54) is 11.1 Å². The molecule has 3 rings (SSSR count). The predicted molar refractivity (Wildman–Crippen MR) is 99.2 cm³/mol. The first-order valence-corrected chi connectivity index (χ1v) is 8.86. The van der Waals surface area contributed by atoms with E-state index in [0.717, 1.165) is 37.5 Å². The maximum Gasteiger partial charge on any atom is 0.224 e. The van der Waals surface area contributed by atoms with Crippen molar-refractivity contribution in [1.82, 2.24) is 9.97 Å². The molecule has 0 radical (unpaired) electrons. The molecule has 1 atom stereocenters. The van der Waals surface area contributed by atoms with Crippen molar-refractivity contribution in [2.45, 2.75) is 25.7 Å². The van der Waals surface area contributed by atoms with Crippen molar-refractivity contribution < 1.29 is 9.84 Å². The first-order chi connectivity index (χ1) is 12.3. The molecule has 3 N–H and O–H groups in total. The molecule has 1 aromatic carbocycles. The fourth-order valence-corrected chi connectivity index (χ4v) is 3.00. The van der Waals surface area contributed by atoms with Crippen molar-refractivity contribution in [1.29, 1.82) is 0 Å². The Morgan fingerprint density at radius 1 is 1.20 bits per heavy atom. The van der Waals surface area contributed by atoms with E-state index in [1.54, 1.807) is 0 Å². The summed E-state index contributed by atoms with van der Waals surface area (Å²) in [6.45, 7) is 4.92. The Morgan fingerprint density at radius 3 is 2.84 bits per heavy atom. The lowest BCUT2D eigenvalue weighted by Crippen LogP contribution is -2.14. The average molecular weight is 342 g/mol. The van der Waals surface area contributed by atoms with Crippen LogP contribution in [0.2, 0.25) is 0 Å². The number of aromatic nitrogens is 2. The molecular formula is C19H26N4O2. The van der Waals surface area contributed by atoms with E-state index in [1.807, 2.05) is 6.07 Å². The topological polar surface area (TPSA) is 79.3 Å². The van der Waals surface area contributed by atoms with Crippen molar-refractivity contribution in [3.05, 3.63) is 47.2 Å². The minimum Gasteiger partial charge on any atom is -0.395 e. The summed E-state index contributed by atoms with van der Waals surface area (Å²) in [7, 11) is 0. The largest absolute Gasteiger partial charge is 0.395 e. The van der Waals surface area contributed by atoms with Crippen LogP contribution in [-0.2, 0) is 11.2 Å². The van der Waals surface area contributed by atoms with Gasteiger partial charge < -0.3 is 20.5 Å². The van der Waals surface area contributed by atoms with E-state index in [-0.39, 0.29) is 6.61 Å². The van der Waals surface area contributed by atoms with E-state index in [9.17, 15) is 0 Å². The molecule has 0 saturated carbocycles. The SMILES string of the molecule is Cc1ccccc1CCNc1cc(C2CCOC2)nc(NCCO)n1. The van der Waals surface area contributed by atoms with Gasteiger partial charge in [0.25, 0.3) is 0 Å². The maximum atomic E-state index is 9.02. The van der Waals surface area contributed by atoms with Gasteiger partial charge in [-0.05, 0) is 30.9 Å². The standard InChI is InChI=1S/C19H26N4O2/c1-14-4-2-3-5-15(14)6-8-20-18-12-17(16-7-11-25-13-16)22-19(23-18)21-9-10-24/h2-5,12,16,24H,6-11,13H2,1H3,(H2,20,21,22,23). The van der Waals surface area contributed by atoms with Crippen molar-refractivity contribution in [2.75, 3.05) is 43.5 Å². The average Bonchev–Trinajstić information content (AvgIpc) is 3.16. The van der Waals surface area contributed by atoms with Crippen LogP contribution in [-0.4, -0.2) is 48.0 Å². The fraction of sp³-hybridized carbons (Fsp3) is 0.474. The van der Waals surface area contributed by atoms with Crippen LogP contribution in [0.25, 0.3) is 0 Å². The molecule has 134 valence electrons. The Morgan fingerprint density at radius 2 is 2.08 bits per heavy atom. The van der Waals surface area contributed by atoms with Crippen molar-refractivity contribution in [3.63, 3.8) is 0 Å². The van der Waals surface area contributed by atoms with Crippen LogP contribution in [0.4, 0.5) is 11.8 Å². The van der Waals surface area contributed by atoms with Crippen molar-refractivity contribution >= 4 is 11.8 Å². The Bertz CT molecular complexity index is 687. The summed E-state index contributed by atoms with van der Waals surface area (Å²) < 4.78 is 5.48. The van der Waals surface area contributed by atoms with Gasteiger partial charge in [0.05, 0.1) is 18.9 Å². The molecule has 6 nitrogen and oxygen atoms in total. The zero-order chi connectivity index (χ0) is 17.5. The van der Waals surface area contributed by atoms with Gasteiger partial charge in [-0.25, -0.2) is 4.98 Å². The van der Waals surface area contributed by atoms with Gasteiger partial charge in [0.2, 0.25) is 5.95 Å².